The SMILES string of the molecule is O=C(O)Cc1ccccc1C(O)C(O)CNC(=O)OCC1c2ccccc2-c2ccccc21. The summed E-state index contributed by atoms with van der Waals surface area (Å²) >= 11 is 0. The Balaban J connectivity index is 1.35. The molecule has 1 aliphatic rings. The first kappa shape index (κ1) is 22.5. The van der Waals surface area contributed by atoms with Crippen LogP contribution < -0.4 is 5.32 Å². The van der Waals surface area contributed by atoms with Crippen molar-refractivity contribution in [1.29, 1.82) is 0 Å². The molecule has 33 heavy (non-hydrogen) atoms. The van der Waals surface area contributed by atoms with Crippen LogP contribution in [0.2, 0.25) is 0 Å². The number of aliphatic hydroxyl groups is 2. The van der Waals surface area contributed by atoms with Crippen molar-refractivity contribution < 1.29 is 29.6 Å². The Morgan fingerprint density at radius 3 is 2.09 bits per heavy atom. The summed E-state index contributed by atoms with van der Waals surface area (Å²) < 4.78 is 5.43. The molecule has 0 heterocycles. The molecule has 1 amide bonds. The maximum atomic E-state index is 12.3. The van der Waals surface area contributed by atoms with Crippen molar-refractivity contribution in [3.63, 3.8) is 0 Å². The highest BCUT2D eigenvalue weighted by Crippen LogP contribution is 2.44. The van der Waals surface area contributed by atoms with Crippen molar-refractivity contribution in [2.45, 2.75) is 24.5 Å². The van der Waals surface area contributed by atoms with E-state index in [4.69, 9.17) is 9.84 Å². The molecule has 0 saturated carbocycles. The van der Waals surface area contributed by atoms with Crippen LogP contribution in [0.3, 0.4) is 0 Å². The van der Waals surface area contributed by atoms with Crippen LogP contribution >= 0.6 is 0 Å². The van der Waals surface area contributed by atoms with E-state index in [1.54, 1.807) is 24.3 Å². The number of carbonyl (C=O) groups is 2. The summed E-state index contributed by atoms with van der Waals surface area (Å²) in [7, 11) is 0. The van der Waals surface area contributed by atoms with Gasteiger partial charge < -0.3 is 25.4 Å². The van der Waals surface area contributed by atoms with Gasteiger partial charge in [-0.1, -0.05) is 72.8 Å². The van der Waals surface area contributed by atoms with Crippen LogP contribution in [0.5, 0.6) is 0 Å². The van der Waals surface area contributed by atoms with Crippen molar-refractivity contribution in [2.75, 3.05) is 13.2 Å². The fourth-order valence-electron chi connectivity index (χ4n) is 4.30. The largest absolute Gasteiger partial charge is 0.481 e. The summed E-state index contributed by atoms with van der Waals surface area (Å²) in [4.78, 5) is 23.3. The number of aliphatic hydroxyl groups excluding tert-OH is 2. The van der Waals surface area contributed by atoms with Gasteiger partial charge in [-0.15, -0.1) is 0 Å². The molecule has 4 N–H and O–H groups in total. The minimum absolute atomic E-state index is 0.0819. The average Bonchev–Trinajstić information content (AvgIpc) is 3.14. The van der Waals surface area contributed by atoms with E-state index in [2.05, 4.69) is 5.32 Å². The predicted octanol–water partition coefficient (Wildman–Crippen LogP) is 3.25. The maximum absolute atomic E-state index is 12.3. The summed E-state index contributed by atoms with van der Waals surface area (Å²) in [5.74, 6) is -1.12. The molecule has 1 aliphatic carbocycles. The van der Waals surface area contributed by atoms with Gasteiger partial charge in [-0.3, -0.25) is 4.79 Å². The van der Waals surface area contributed by atoms with Crippen LogP contribution in [0.1, 0.15) is 34.3 Å². The molecule has 0 fully saturated rings. The Morgan fingerprint density at radius 1 is 0.879 bits per heavy atom. The molecule has 3 aromatic rings. The van der Waals surface area contributed by atoms with E-state index in [0.29, 0.717) is 11.1 Å². The number of carbonyl (C=O) groups excluding carboxylic acids is 1. The highest BCUT2D eigenvalue weighted by Gasteiger charge is 2.29. The third-order valence-electron chi connectivity index (χ3n) is 5.88. The average molecular weight is 447 g/mol. The lowest BCUT2D eigenvalue weighted by Crippen LogP contribution is -2.36. The first-order valence-corrected chi connectivity index (χ1v) is 10.7. The highest BCUT2D eigenvalue weighted by atomic mass is 16.5. The highest BCUT2D eigenvalue weighted by molar-refractivity contribution is 5.79. The van der Waals surface area contributed by atoms with Crippen molar-refractivity contribution in [3.8, 4) is 11.1 Å². The first-order valence-electron chi connectivity index (χ1n) is 10.7. The standard InChI is InChI=1S/C26H25NO6/c28-23(25(31)17-8-2-1-7-16(17)13-24(29)30)14-27-26(32)33-15-22-20-11-5-3-9-18(20)19-10-4-6-12-21(19)22/h1-12,22-23,25,28,31H,13-15H2,(H,27,32)(H,29,30). The van der Waals surface area contributed by atoms with Crippen molar-refractivity contribution in [3.05, 3.63) is 95.1 Å². The van der Waals surface area contributed by atoms with Gasteiger partial charge in [-0.2, -0.15) is 0 Å². The molecule has 2 atom stereocenters. The third-order valence-corrected chi connectivity index (χ3v) is 5.88. The smallest absolute Gasteiger partial charge is 0.407 e. The summed E-state index contributed by atoms with van der Waals surface area (Å²) in [5.41, 5.74) is 5.15. The van der Waals surface area contributed by atoms with E-state index < -0.39 is 24.3 Å². The number of benzene rings is 3. The number of amides is 1. The van der Waals surface area contributed by atoms with Crippen LogP contribution in [0.4, 0.5) is 4.79 Å². The Bertz CT molecular complexity index is 1120. The quantitative estimate of drug-likeness (QED) is 0.421. The number of alkyl carbamates (subject to hydrolysis) is 1. The Labute approximate surface area is 191 Å². The van der Waals surface area contributed by atoms with Crippen molar-refractivity contribution >= 4 is 12.1 Å². The van der Waals surface area contributed by atoms with Gasteiger partial charge in [-0.05, 0) is 33.4 Å². The number of nitrogens with one attached hydrogen (secondary N) is 1. The van der Waals surface area contributed by atoms with Crippen LogP contribution in [-0.4, -0.2) is 46.6 Å². The fourth-order valence-corrected chi connectivity index (χ4v) is 4.30. The summed E-state index contributed by atoms with van der Waals surface area (Å²) in [6.07, 6.45) is -3.67. The summed E-state index contributed by atoms with van der Waals surface area (Å²) in [6, 6.07) is 22.5. The molecular weight excluding hydrogens is 422 g/mol. The summed E-state index contributed by atoms with van der Waals surface area (Å²) in [5, 5.41) is 32.4. The summed E-state index contributed by atoms with van der Waals surface area (Å²) in [6.45, 7) is -0.112. The van der Waals surface area contributed by atoms with E-state index in [0.717, 1.165) is 22.3 Å². The van der Waals surface area contributed by atoms with E-state index in [1.165, 1.54) is 0 Å². The Morgan fingerprint density at radius 2 is 1.45 bits per heavy atom. The molecule has 7 heteroatoms. The minimum atomic E-state index is -1.35. The monoisotopic (exact) mass is 447 g/mol. The molecular formula is C26H25NO6. The van der Waals surface area contributed by atoms with Crippen LogP contribution in [-0.2, 0) is 16.0 Å². The van der Waals surface area contributed by atoms with E-state index in [9.17, 15) is 19.8 Å². The zero-order valence-electron chi connectivity index (χ0n) is 17.8. The molecule has 170 valence electrons. The van der Waals surface area contributed by atoms with Gasteiger partial charge in [0.1, 0.15) is 18.8 Å². The number of aliphatic carboxylic acids is 1. The molecule has 0 radical (unpaired) electrons. The number of carboxylic acids is 1. The molecule has 0 saturated heterocycles. The van der Waals surface area contributed by atoms with Crippen LogP contribution in [0.15, 0.2) is 72.8 Å². The van der Waals surface area contributed by atoms with Gasteiger partial charge in [0.2, 0.25) is 0 Å². The molecule has 0 aliphatic heterocycles. The second-order valence-electron chi connectivity index (χ2n) is 7.99. The van der Waals surface area contributed by atoms with Gasteiger partial charge in [-0.25, -0.2) is 4.79 Å². The Kier molecular flexibility index (Phi) is 6.72. The van der Waals surface area contributed by atoms with E-state index in [1.807, 2.05) is 48.5 Å². The van der Waals surface area contributed by atoms with Gasteiger partial charge in [0, 0.05) is 12.5 Å². The number of rotatable bonds is 8. The maximum Gasteiger partial charge on any atom is 0.407 e. The van der Waals surface area contributed by atoms with E-state index >= 15 is 0 Å². The van der Waals surface area contributed by atoms with Crippen LogP contribution in [0, 0.1) is 0 Å². The normalized spacial score (nSPS) is 14.1. The third kappa shape index (κ3) is 4.89. The second-order valence-corrected chi connectivity index (χ2v) is 7.99. The topological polar surface area (TPSA) is 116 Å². The minimum Gasteiger partial charge on any atom is -0.481 e. The number of ether oxygens (including phenoxy) is 1. The first-order chi connectivity index (χ1) is 16.0. The predicted molar refractivity (Wildman–Crippen MR) is 122 cm³/mol. The van der Waals surface area contributed by atoms with Gasteiger partial charge >= 0.3 is 12.1 Å². The molecule has 0 bridgehead atoms. The van der Waals surface area contributed by atoms with Gasteiger partial charge in [0.05, 0.1) is 6.42 Å². The molecule has 0 spiro atoms. The number of fused-ring (bicyclic) bond motifs is 3. The number of hydrogen-bond donors (Lipinski definition) is 4. The Hall–Kier alpha value is -3.68. The molecule has 0 aromatic heterocycles. The lowest BCUT2D eigenvalue weighted by molar-refractivity contribution is -0.136. The lowest BCUT2D eigenvalue weighted by atomic mass is 9.96. The molecule has 4 rings (SSSR count). The zero-order valence-corrected chi connectivity index (χ0v) is 17.8. The molecule has 7 nitrogen and oxygen atoms in total. The van der Waals surface area contributed by atoms with Gasteiger partial charge in [0.25, 0.3) is 0 Å². The molecule has 2 unspecified atom stereocenters. The lowest BCUT2D eigenvalue weighted by Gasteiger charge is -2.21. The van der Waals surface area contributed by atoms with Crippen molar-refractivity contribution in [2.24, 2.45) is 0 Å². The van der Waals surface area contributed by atoms with Crippen molar-refractivity contribution in [1.82, 2.24) is 5.32 Å². The van der Waals surface area contributed by atoms with E-state index in [-0.39, 0.29) is 25.5 Å². The number of hydrogen-bond acceptors (Lipinski definition) is 5. The molecule has 3 aromatic carbocycles. The second kappa shape index (κ2) is 9.85. The number of carboxylic acid groups (broad SMARTS) is 1. The van der Waals surface area contributed by atoms with Crippen LogP contribution in [0.25, 0.3) is 11.1 Å². The fraction of sp³-hybridized carbons (Fsp3) is 0.231. The van der Waals surface area contributed by atoms with Gasteiger partial charge in [0.15, 0.2) is 0 Å². The zero-order chi connectivity index (χ0) is 23.4.